The molecular formula is C10H11Cl2N3S2. The van der Waals surface area contributed by atoms with Gasteiger partial charge in [-0.1, -0.05) is 41.5 Å². The molecule has 0 aromatic carbocycles. The summed E-state index contributed by atoms with van der Waals surface area (Å²) in [6.45, 7) is 2.11. The number of halogens is 2. The first-order valence-corrected chi connectivity index (χ1v) is 7.50. The fourth-order valence-electron chi connectivity index (χ4n) is 1.47. The minimum absolute atomic E-state index is 0.245. The lowest BCUT2D eigenvalue weighted by molar-refractivity contribution is 0.568. The van der Waals surface area contributed by atoms with Gasteiger partial charge < -0.3 is 5.32 Å². The maximum atomic E-state index is 6.09. The maximum Gasteiger partial charge on any atom is 0.150 e. The summed E-state index contributed by atoms with van der Waals surface area (Å²) in [5.41, 5.74) is 0.872. The normalized spacial score (nSPS) is 12.9. The molecule has 2 rings (SSSR count). The molecule has 0 fully saturated rings. The zero-order valence-electron chi connectivity index (χ0n) is 9.33. The minimum atomic E-state index is 0.245. The molecule has 2 aromatic heterocycles. The highest BCUT2D eigenvalue weighted by atomic mass is 35.5. The van der Waals surface area contributed by atoms with Crippen molar-refractivity contribution in [3.05, 3.63) is 19.7 Å². The summed E-state index contributed by atoms with van der Waals surface area (Å²) in [7, 11) is 1.92. The zero-order chi connectivity index (χ0) is 12.4. The van der Waals surface area contributed by atoms with Gasteiger partial charge in [-0.3, -0.25) is 0 Å². The van der Waals surface area contributed by atoms with Crippen LogP contribution in [0.5, 0.6) is 0 Å². The molecule has 0 amide bonds. The van der Waals surface area contributed by atoms with Crippen LogP contribution in [0.1, 0.15) is 24.4 Å². The van der Waals surface area contributed by atoms with Crippen molar-refractivity contribution in [1.29, 1.82) is 0 Å². The van der Waals surface area contributed by atoms with E-state index in [2.05, 4.69) is 22.4 Å². The second kappa shape index (κ2) is 5.63. The molecule has 0 radical (unpaired) electrons. The first kappa shape index (κ1) is 13.2. The van der Waals surface area contributed by atoms with E-state index < -0.39 is 0 Å². The summed E-state index contributed by atoms with van der Waals surface area (Å²) >= 11 is 14.9. The molecule has 0 saturated carbocycles. The van der Waals surface area contributed by atoms with Gasteiger partial charge >= 0.3 is 0 Å². The third kappa shape index (κ3) is 2.80. The number of thiophene rings is 1. The van der Waals surface area contributed by atoms with Crippen LogP contribution < -0.4 is 5.32 Å². The van der Waals surface area contributed by atoms with E-state index in [0.29, 0.717) is 8.67 Å². The van der Waals surface area contributed by atoms with Gasteiger partial charge in [0.1, 0.15) is 14.4 Å². The van der Waals surface area contributed by atoms with Crippen LogP contribution in [0.4, 0.5) is 0 Å². The number of aromatic nitrogens is 2. The van der Waals surface area contributed by atoms with Crippen LogP contribution in [-0.4, -0.2) is 17.2 Å². The minimum Gasteiger partial charge on any atom is -0.311 e. The predicted molar refractivity (Wildman–Crippen MR) is 75.3 cm³/mol. The molecule has 92 valence electrons. The molecule has 1 N–H and O–H groups in total. The number of nitrogens with zero attached hydrogens (tertiary/aromatic N) is 2. The SMILES string of the molecule is CCC(NC)c1nnc(-c2cc(Cl)sc2Cl)s1. The number of hydrogen-bond donors (Lipinski definition) is 1. The van der Waals surface area contributed by atoms with Crippen molar-refractivity contribution in [2.75, 3.05) is 7.05 Å². The van der Waals surface area contributed by atoms with Crippen LogP contribution in [0, 0.1) is 0 Å². The molecule has 0 spiro atoms. The van der Waals surface area contributed by atoms with E-state index in [0.717, 1.165) is 22.0 Å². The largest absolute Gasteiger partial charge is 0.311 e. The zero-order valence-corrected chi connectivity index (χ0v) is 12.5. The first-order chi connectivity index (χ1) is 8.15. The van der Waals surface area contributed by atoms with Crippen LogP contribution in [-0.2, 0) is 0 Å². The van der Waals surface area contributed by atoms with E-state index in [1.165, 1.54) is 11.3 Å². The Labute approximate surface area is 118 Å². The van der Waals surface area contributed by atoms with Crippen molar-refractivity contribution >= 4 is 45.9 Å². The Morgan fingerprint density at radius 3 is 2.65 bits per heavy atom. The monoisotopic (exact) mass is 307 g/mol. The Morgan fingerprint density at radius 1 is 1.35 bits per heavy atom. The highest BCUT2D eigenvalue weighted by molar-refractivity contribution is 7.21. The summed E-state index contributed by atoms with van der Waals surface area (Å²) < 4.78 is 1.33. The van der Waals surface area contributed by atoms with E-state index in [-0.39, 0.29) is 6.04 Å². The quantitative estimate of drug-likeness (QED) is 0.918. The molecule has 2 aromatic rings. The van der Waals surface area contributed by atoms with Crippen LogP contribution in [0.25, 0.3) is 10.6 Å². The van der Waals surface area contributed by atoms with E-state index >= 15 is 0 Å². The lowest BCUT2D eigenvalue weighted by Gasteiger charge is -2.07. The molecule has 0 saturated heterocycles. The predicted octanol–water partition coefficient (Wildman–Crippen LogP) is 4.24. The average molecular weight is 308 g/mol. The van der Waals surface area contributed by atoms with Crippen molar-refractivity contribution in [1.82, 2.24) is 15.5 Å². The third-order valence-corrected chi connectivity index (χ3v) is 4.94. The van der Waals surface area contributed by atoms with Gasteiger partial charge in [-0.05, 0) is 19.5 Å². The summed E-state index contributed by atoms with van der Waals surface area (Å²) in [5.74, 6) is 0. The van der Waals surface area contributed by atoms with E-state index in [9.17, 15) is 0 Å². The number of nitrogens with one attached hydrogen (secondary N) is 1. The standard InChI is InChI=1S/C10H11Cl2N3S2/c1-3-6(13-2)10-15-14-9(17-10)5-4-7(11)16-8(5)12/h4,6,13H,3H2,1-2H3. The number of hydrogen-bond acceptors (Lipinski definition) is 5. The Bertz CT molecular complexity index is 505. The van der Waals surface area contributed by atoms with Gasteiger partial charge in [-0.25, -0.2) is 0 Å². The van der Waals surface area contributed by atoms with Crippen LogP contribution >= 0.6 is 45.9 Å². The average Bonchev–Trinajstić information content (AvgIpc) is 2.87. The van der Waals surface area contributed by atoms with Gasteiger partial charge in [0, 0.05) is 5.56 Å². The fraction of sp³-hybridized carbons (Fsp3) is 0.400. The number of rotatable bonds is 4. The molecule has 0 aliphatic rings. The van der Waals surface area contributed by atoms with Gasteiger partial charge in [0.05, 0.1) is 10.4 Å². The highest BCUT2D eigenvalue weighted by Gasteiger charge is 2.17. The maximum absolute atomic E-state index is 6.09. The Balaban J connectivity index is 2.32. The molecule has 3 nitrogen and oxygen atoms in total. The Kier molecular flexibility index (Phi) is 4.38. The van der Waals surface area contributed by atoms with Gasteiger partial charge in [-0.15, -0.1) is 21.5 Å². The fourth-order valence-corrected chi connectivity index (χ4v) is 4.12. The van der Waals surface area contributed by atoms with Crippen molar-refractivity contribution in [2.45, 2.75) is 19.4 Å². The van der Waals surface area contributed by atoms with Crippen LogP contribution in [0.2, 0.25) is 8.67 Å². The lowest BCUT2D eigenvalue weighted by Crippen LogP contribution is -2.14. The lowest BCUT2D eigenvalue weighted by atomic mass is 10.2. The van der Waals surface area contributed by atoms with Crippen LogP contribution in [0.15, 0.2) is 6.07 Å². The molecule has 1 atom stereocenters. The molecule has 2 heterocycles. The second-order valence-corrected chi connectivity index (χ2v) is 6.73. The van der Waals surface area contributed by atoms with Gasteiger partial charge in [0.2, 0.25) is 0 Å². The van der Waals surface area contributed by atoms with Crippen molar-refractivity contribution in [3.63, 3.8) is 0 Å². The molecule has 1 unspecified atom stereocenters. The third-order valence-electron chi connectivity index (χ3n) is 2.38. The van der Waals surface area contributed by atoms with Crippen molar-refractivity contribution in [2.24, 2.45) is 0 Å². The topological polar surface area (TPSA) is 37.8 Å². The van der Waals surface area contributed by atoms with Gasteiger partial charge in [-0.2, -0.15) is 0 Å². The van der Waals surface area contributed by atoms with Crippen molar-refractivity contribution in [3.8, 4) is 10.6 Å². The molecule has 0 aliphatic heterocycles. The van der Waals surface area contributed by atoms with E-state index in [4.69, 9.17) is 23.2 Å². The first-order valence-electron chi connectivity index (χ1n) is 5.11. The Hall–Kier alpha value is -0.200. The highest BCUT2D eigenvalue weighted by Crippen LogP contribution is 2.39. The van der Waals surface area contributed by atoms with Crippen LogP contribution in [0.3, 0.4) is 0 Å². The summed E-state index contributed by atoms with van der Waals surface area (Å²) in [5, 5.41) is 13.4. The molecule has 0 aliphatic carbocycles. The molecular weight excluding hydrogens is 297 g/mol. The Morgan fingerprint density at radius 2 is 2.12 bits per heavy atom. The smallest absolute Gasteiger partial charge is 0.150 e. The summed E-state index contributed by atoms with van der Waals surface area (Å²) in [4.78, 5) is 0. The molecule has 7 heteroatoms. The van der Waals surface area contributed by atoms with E-state index in [1.54, 1.807) is 11.3 Å². The van der Waals surface area contributed by atoms with Gasteiger partial charge in [0.25, 0.3) is 0 Å². The van der Waals surface area contributed by atoms with Crippen molar-refractivity contribution < 1.29 is 0 Å². The molecule has 17 heavy (non-hydrogen) atoms. The summed E-state index contributed by atoms with van der Waals surface area (Å²) in [6, 6.07) is 2.08. The summed E-state index contributed by atoms with van der Waals surface area (Å²) in [6.07, 6.45) is 0.975. The van der Waals surface area contributed by atoms with E-state index in [1.807, 2.05) is 13.1 Å². The molecule has 0 bridgehead atoms. The van der Waals surface area contributed by atoms with Gasteiger partial charge in [0.15, 0.2) is 0 Å². The second-order valence-electron chi connectivity index (χ2n) is 3.43.